The number of nitrogens with zero attached hydrogens (tertiary/aromatic N) is 1. The number of carbonyl (C=O) groups excluding carboxylic acids is 3. The summed E-state index contributed by atoms with van der Waals surface area (Å²) < 4.78 is 4.81. The number of rotatable bonds is 9. The van der Waals surface area contributed by atoms with Crippen LogP contribution in [0.2, 0.25) is 0 Å². The first-order valence-corrected chi connectivity index (χ1v) is 9.76. The summed E-state index contributed by atoms with van der Waals surface area (Å²) in [7, 11) is 2.96. The van der Waals surface area contributed by atoms with Crippen molar-refractivity contribution in [1.82, 2.24) is 10.2 Å². The molecule has 0 saturated carbocycles. The fourth-order valence-corrected chi connectivity index (χ4v) is 3.05. The van der Waals surface area contributed by atoms with E-state index in [-0.39, 0.29) is 24.9 Å². The normalized spacial score (nSPS) is 11.6. The van der Waals surface area contributed by atoms with E-state index in [2.05, 4.69) is 10.6 Å². The molecule has 0 saturated heterocycles. The van der Waals surface area contributed by atoms with E-state index in [0.29, 0.717) is 6.42 Å². The average Bonchev–Trinajstić information content (AvgIpc) is 2.70. The van der Waals surface area contributed by atoms with Gasteiger partial charge < -0.3 is 15.4 Å². The fourth-order valence-electron chi connectivity index (χ4n) is 3.05. The SMILES string of the molecule is COC(=O)[C@@H](Cc1ccccc1)NC(=O)CN(C)CC(=O)Nc1cccc(C)c1C. The predicted molar refractivity (Wildman–Crippen MR) is 116 cm³/mol. The smallest absolute Gasteiger partial charge is 0.328 e. The molecule has 0 aliphatic rings. The molecular formula is C23H29N3O4. The Bertz CT molecular complexity index is 883. The maximum absolute atomic E-state index is 12.4. The van der Waals surface area contributed by atoms with Crippen LogP contribution in [0.25, 0.3) is 0 Å². The van der Waals surface area contributed by atoms with Gasteiger partial charge in [-0.15, -0.1) is 0 Å². The minimum absolute atomic E-state index is 0.0253. The second kappa shape index (κ2) is 11.1. The van der Waals surface area contributed by atoms with Gasteiger partial charge in [0.25, 0.3) is 0 Å². The van der Waals surface area contributed by atoms with Crippen LogP contribution < -0.4 is 10.6 Å². The number of esters is 1. The third-order valence-corrected chi connectivity index (χ3v) is 4.81. The predicted octanol–water partition coefficient (Wildman–Crippen LogP) is 2.07. The van der Waals surface area contributed by atoms with E-state index in [4.69, 9.17) is 4.74 Å². The third kappa shape index (κ3) is 7.00. The summed E-state index contributed by atoms with van der Waals surface area (Å²) in [5.41, 5.74) is 3.77. The van der Waals surface area contributed by atoms with Gasteiger partial charge in [0.05, 0.1) is 20.2 Å². The topological polar surface area (TPSA) is 87.7 Å². The number of benzene rings is 2. The first-order valence-electron chi connectivity index (χ1n) is 9.76. The van der Waals surface area contributed by atoms with E-state index in [9.17, 15) is 14.4 Å². The van der Waals surface area contributed by atoms with Crippen molar-refractivity contribution in [3.05, 3.63) is 65.2 Å². The number of nitrogens with one attached hydrogen (secondary N) is 2. The van der Waals surface area contributed by atoms with Crippen LogP contribution in [0.5, 0.6) is 0 Å². The standard InChI is InChI=1S/C23H29N3O4/c1-16-9-8-12-19(17(16)2)24-21(27)14-26(3)15-22(28)25-20(23(29)30-4)13-18-10-6-5-7-11-18/h5-12,20H,13-15H2,1-4H3,(H,24,27)(H,25,28)/t20-/m1/s1. The van der Waals surface area contributed by atoms with Crippen molar-refractivity contribution in [1.29, 1.82) is 0 Å². The Morgan fingerprint density at radius 3 is 2.30 bits per heavy atom. The zero-order valence-corrected chi connectivity index (χ0v) is 17.9. The molecule has 1 atom stereocenters. The molecule has 160 valence electrons. The molecular weight excluding hydrogens is 382 g/mol. The molecule has 2 rings (SSSR count). The molecule has 0 heterocycles. The van der Waals surface area contributed by atoms with Crippen LogP contribution in [0, 0.1) is 13.8 Å². The van der Waals surface area contributed by atoms with Gasteiger partial charge in [-0.25, -0.2) is 4.79 Å². The van der Waals surface area contributed by atoms with E-state index in [1.807, 2.05) is 62.4 Å². The van der Waals surface area contributed by atoms with Crippen LogP contribution in [-0.4, -0.2) is 56.0 Å². The first-order chi connectivity index (χ1) is 14.3. The number of amides is 2. The van der Waals surface area contributed by atoms with Gasteiger partial charge in [0, 0.05) is 12.1 Å². The Morgan fingerprint density at radius 1 is 0.967 bits per heavy atom. The Hall–Kier alpha value is -3.19. The molecule has 2 aromatic carbocycles. The van der Waals surface area contributed by atoms with Crippen molar-refractivity contribution in [3.63, 3.8) is 0 Å². The number of likely N-dealkylation sites (N-methyl/N-ethyl adjacent to an activating group) is 1. The van der Waals surface area contributed by atoms with Crippen molar-refractivity contribution in [2.24, 2.45) is 0 Å². The number of carbonyl (C=O) groups is 3. The number of ether oxygens (including phenoxy) is 1. The van der Waals surface area contributed by atoms with Gasteiger partial charge in [-0.2, -0.15) is 0 Å². The van der Waals surface area contributed by atoms with Crippen molar-refractivity contribution in [2.45, 2.75) is 26.3 Å². The Morgan fingerprint density at radius 2 is 1.63 bits per heavy atom. The van der Waals surface area contributed by atoms with Crippen molar-refractivity contribution < 1.29 is 19.1 Å². The average molecular weight is 412 g/mol. The van der Waals surface area contributed by atoms with Crippen molar-refractivity contribution in [2.75, 3.05) is 32.6 Å². The van der Waals surface area contributed by atoms with E-state index in [1.165, 1.54) is 7.11 Å². The number of aryl methyl sites for hydroxylation is 1. The lowest BCUT2D eigenvalue weighted by Gasteiger charge is -2.20. The lowest BCUT2D eigenvalue weighted by Crippen LogP contribution is -2.47. The molecule has 0 aromatic heterocycles. The van der Waals surface area contributed by atoms with E-state index in [1.54, 1.807) is 11.9 Å². The highest BCUT2D eigenvalue weighted by Gasteiger charge is 2.23. The summed E-state index contributed by atoms with van der Waals surface area (Å²) in [5.74, 6) is -1.08. The third-order valence-electron chi connectivity index (χ3n) is 4.81. The second-order valence-electron chi connectivity index (χ2n) is 7.30. The minimum atomic E-state index is -0.790. The second-order valence-corrected chi connectivity index (χ2v) is 7.30. The summed E-state index contributed by atoms with van der Waals surface area (Å²) in [6.45, 7) is 3.95. The molecule has 2 N–H and O–H groups in total. The Labute approximate surface area is 177 Å². The molecule has 30 heavy (non-hydrogen) atoms. The highest BCUT2D eigenvalue weighted by atomic mass is 16.5. The minimum Gasteiger partial charge on any atom is -0.467 e. The highest BCUT2D eigenvalue weighted by Crippen LogP contribution is 2.17. The summed E-state index contributed by atoms with van der Waals surface area (Å²) >= 11 is 0. The maximum atomic E-state index is 12.4. The molecule has 0 bridgehead atoms. The Kier molecular flexibility index (Phi) is 8.55. The molecule has 7 heteroatoms. The van der Waals surface area contributed by atoms with E-state index in [0.717, 1.165) is 22.4 Å². The van der Waals surface area contributed by atoms with Crippen LogP contribution >= 0.6 is 0 Å². The summed E-state index contributed by atoms with van der Waals surface area (Å²) in [6.07, 6.45) is 0.329. The van der Waals surface area contributed by atoms with Gasteiger partial charge in [-0.3, -0.25) is 14.5 Å². The summed E-state index contributed by atoms with van der Waals surface area (Å²) in [4.78, 5) is 38.4. The lowest BCUT2D eigenvalue weighted by atomic mass is 10.1. The van der Waals surface area contributed by atoms with Crippen LogP contribution in [-0.2, 0) is 25.5 Å². The highest BCUT2D eigenvalue weighted by molar-refractivity contribution is 5.93. The number of hydrogen-bond acceptors (Lipinski definition) is 5. The molecule has 7 nitrogen and oxygen atoms in total. The van der Waals surface area contributed by atoms with Crippen molar-refractivity contribution >= 4 is 23.5 Å². The molecule has 2 amide bonds. The molecule has 0 aliphatic heterocycles. The summed E-state index contributed by atoms with van der Waals surface area (Å²) in [5, 5.41) is 5.57. The zero-order valence-electron chi connectivity index (χ0n) is 17.9. The van der Waals surface area contributed by atoms with Gasteiger partial charge in [-0.1, -0.05) is 42.5 Å². The van der Waals surface area contributed by atoms with Crippen molar-refractivity contribution in [3.8, 4) is 0 Å². The van der Waals surface area contributed by atoms with Gasteiger partial charge in [-0.05, 0) is 43.7 Å². The fraction of sp³-hybridized carbons (Fsp3) is 0.348. The van der Waals surface area contributed by atoms with E-state index >= 15 is 0 Å². The van der Waals surface area contributed by atoms with Gasteiger partial charge in [0.1, 0.15) is 6.04 Å². The maximum Gasteiger partial charge on any atom is 0.328 e. The summed E-state index contributed by atoms with van der Waals surface area (Å²) in [6, 6.07) is 14.3. The van der Waals surface area contributed by atoms with Gasteiger partial charge in [0.2, 0.25) is 11.8 Å². The molecule has 0 spiro atoms. The molecule has 0 aliphatic carbocycles. The largest absolute Gasteiger partial charge is 0.467 e. The van der Waals surface area contributed by atoms with Crippen LogP contribution in [0.4, 0.5) is 5.69 Å². The monoisotopic (exact) mass is 411 g/mol. The number of methoxy groups -OCH3 is 1. The van der Waals surface area contributed by atoms with Gasteiger partial charge >= 0.3 is 5.97 Å². The van der Waals surface area contributed by atoms with Crippen LogP contribution in [0.1, 0.15) is 16.7 Å². The quantitative estimate of drug-likeness (QED) is 0.617. The first kappa shape index (κ1) is 23.1. The zero-order chi connectivity index (χ0) is 22.1. The Balaban J connectivity index is 1.89. The molecule has 0 fully saturated rings. The number of hydrogen-bond donors (Lipinski definition) is 2. The number of anilines is 1. The van der Waals surface area contributed by atoms with E-state index < -0.39 is 12.0 Å². The molecule has 2 aromatic rings. The molecule has 0 unspecified atom stereocenters. The molecule has 0 radical (unpaired) electrons. The van der Waals surface area contributed by atoms with Crippen LogP contribution in [0.3, 0.4) is 0 Å². The van der Waals surface area contributed by atoms with Gasteiger partial charge in [0.15, 0.2) is 0 Å². The lowest BCUT2D eigenvalue weighted by molar-refractivity contribution is -0.145. The van der Waals surface area contributed by atoms with Crippen LogP contribution in [0.15, 0.2) is 48.5 Å².